The zero-order valence-corrected chi connectivity index (χ0v) is 22.9. The maximum Gasteiger partial charge on any atom is 0.316 e. The summed E-state index contributed by atoms with van der Waals surface area (Å²) < 4.78 is 2.67. The Balaban J connectivity index is 0.00000260. The Bertz CT molecular complexity index is 1430. The number of nitro groups is 1. The van der Waals surface area contributed by atoms with Gasteiger partial charge in [0.25, 0.3) is 5.69 Å². The van der Waals surface area contributed by atoms with Gasteiger partial charge in [-0.3, -0.25) is 29.3 Å². The number of terminal acetylenes is 1. The fourth-order valence-corrected chi connectivity index (χ4v) is 3.61. The van der Waals surface area contributed by atoms with E-state index in [1.165, 1.54) is 40.0 Å². The SMILES string of the molecule is C#CCN(C)OCC(C)(C)CNC(=O)CCCn1c(=O)c(=O)[nH]c2cc([N+](=O)[O-])c(-n3ccnc3)cc21.CC. The molecule has 0 saturated heterocycles. The van der Waals surface area contributed by atoms with E-state index in [1.807, 2.05) is 27.7 Å². The number of imidazole rings is 1. The lowest BCUT2D eigenvalue weighted by Gasteiger charge is -2.27. The number of carbonyl (C=O) groups excluding carboxylic acids is 1. The number of aromatic amines is 1. The smallest absolute Gasteiger partial charge is 0.316 e. The molecule has 0 radical (unpaired) electrons. The largest absolute Gasteiger partial charge is 0.355 e. The zero-order chi connectivity index (χ0) is 29.2. The third-order valence-corrected chi connectivity index (χ3v) is 5.59. The first kappa shape index (κ1) is 30.9. The second-order valence-corrected chi connectivity index (χ2v) is 9.30. The van der Waals surface area contributed by atoms with E-state index in [0.717, 1.165) is 0 Å². The molecule has 0 unspecified atom stereocenters. The third-order valence-electron chi connectivity index (χ3n) is 5.59. The van der Waals surface area contributed by atoms with Gasteiger partial charge in [0, 0.05) is 50.4 Å². The summed E-state index contributed by atoms with van der Waals surface area (Å²) in [4.78, 5) is 60.2. The van der Waals surface area contributed by atoms with E-state index in [4.69, 9.17) is 11.3 Å². The minimum absolute atomic E-state index is 0.0667. The van der Waals surface area contributed by atoms with Crippen LogP contribution in [0.5, 0.6) is 0 Å². The maximum absolute atomic E-state index is 12.6. The van der Waals surface area contributed by atoms with Crippen LogP contribution in [-0.2, 0) is 16.2 Å². The van der Waals surface area contributed by atoms with Crippen LogP contribution < -0.4 is 16.4 Å². The van der Waals surface area contributed by atoms with Crippen LogP contribution in [0.4, 0.5) is 5.69 Å². The molecule has 0 spiro atoms. The molecule has 0 aliphatic heterocycles. The van der Waals surface area contributed by atoms with Crippen molar-refractivity contribution in [1.29, 1.82) is 0 Å². The summed E-state index contributed by atoms with van der Waals surface area (Å²) in [6.45, 7) is 9.01. The summed E-state index contributed by atoms with van der Waals surface area (Å²) in [5.41, 5.74) is -1.70. The number of carbonyl (C=O) groups is 1. The van der Waals surface area contributed by atoms with Gasteiger partial charge < -0.3 is 19.4 Å². The molecule has 1 amide bonds. The number of rotatable bonds is 12. The Kier molecular flexibility index (Phi) is 11.1. The lowest BCUT2D eigenvalue weighted by Crippen LogP contribution is -2.39. The lowest BCUT2D eigenvalue weighted by atomic mass is 9.95. The predicted octanol–water partition coefficient (Wildman–Crippen LogP) is 2.23. The van der Waals surface area contributed by atoms with E-state index in [9.17, 15) is 24.5 Å². The van der Waals surface area contributed by atoms with Gasteiger partial charge >= 0.3 is 11.1 Å². The summed E-state index contributed by atoms with van der Waals surface area (Å²) in [5.74, 6) is 2.26. The van der Waals surface area contributed by atoms with Gasteiger partial charge in [0.05, 0.1) is 35.4 Å². The lowest BCUT2D eigenvalue weighted by molar-refractivity contribution is -0.384. The van der Waals surface area contributed by atoms with Crippen LogP contribution in [0.2, 0.25) is 0 Å². The highest BCUT2D eigenvalue weighted by atomic mass is 16.7. The number of amides is 1. The molecule has 13 nitrogen and oxygen atoms in total. The van der Waals surface area contributed by atoms with Crippen molar-refractivity contribution in [1.82, 2.24) is 29.5 Å². The molecular weight excluding hydrogens is 506 g/mol. The van der Waals surface area contributed by atoms with Crippen LogP contribution in [0, 0.1) is 27.9 Å². The number of hydrogen-bond donors (Lipinski definition) is 2. The number of aromatic nitrogens is 4. The number of hydrogen-bond acceptors (Lipinski definition) is 8. The Morgan fingerprint density at radius 2 is 2.05 bits per heavy atom. The average molecular weight is 542 g/mol. The van der Waals surface area contributed by atoms with Crippen LogP contribution in [0.25, 0.3) is 16.7 Å². The topological polar surface area (TPSA) is 157 Å². The van der Waals surface area contributed by atoms with Gasteiger partial charge in [0.15, 0.2) is 0 Å². The Labute approximate surface area is 225 Å². The standard InChI is InChI=1S/C24H29N7O6.C2H6/c1-5-9-28(4)37-15-24(2,3)14-26-21(32)7-6-10-30-18-13-19(29-11-8-25-16-29)20(31(35)36)12-17(18)27-22(33)23(30)34;1-2/h1,8,11-13,16H,6-7,9-10,14-15H2,2-4H3,(H,26,32)(H,27,33);1-2H3. The molecule has 0 fully saturated rings. The summed E-state index contributed by atoms with van der Waals surface area (Å²) in [6.07, 6.45) is 10.0. The minimum Gasteiger partial charge on any atom is -0.355 e. The Morgan fingerprint density at radius 1 is 1.33 bits per heavy atom. The molecule has 2 N–H and O–H groups in total. The quantitative estimate of drug-likeness (QED) is 0.153. The second kappa shape index (κ2) is 14.0. The Morgan fingerprint density at radius 3 is 2.67 bits per heavy atom. The molecule has 0 aliphatic rings. The molecule has 210 valence electrons. The Hall–Kier alpha value is -4.28. The number of nitro benzene ring substituents is 1. The highest BCUT2D eigenvalue weighted by Crippen LogP contribution is 2.27. The predicted molar refractivity (Wildman–Crippen MR) is 147 cm³/mol. The number of H-pyrrole nitrogens is 1. The van der Waals surface area contributed by atoms with Crippen molar-refractivity contribution in [2.24, 2.45) is 5.41 Å². The van der Waals surface area contributed by atoms with Crippen molar-refractivity contribution in [3.63, 3.8) is 0 Å². The van der Waals surface area contributed by atoms with E-state index < -0.39 is 16.0 Å². The van der Waals surface area contributed by atoms with Crippen molar-refractivity contribution in [3.05, 3.63) is 61.7 Å². The highest BCUT2D eigenvalue weighted by Gasteiger charge is 2.22. The van der Waals surface area contributed by atoms with Crippen molar-refractivity contribution in [3.8, 4) is 18.0 Å². The maximum atomic E-state index is 12.6. The molecular formula is C26H35N7O6. The minimum atomic E-state index is -0.904. The number of fused-ring (bicyclic) bond motifs is 1. The van der Waals surface area contributed by atoms with Crippen molar-refractivity contribution >= 4 is 22.6 Å². The molecule has 1 aromatic carbocycles. The van der Waals surface area contributed by atoms with Gasteiger partial charge in [-0.05, 0) is 12.5 Å². The van der Waals surface area contributed by atoms with Crippen LogP contribution in [0.1, 0.15) is 40.5 Å². The van der Waals surface area contributed by atoms with Crippen LogP contribution in [0.15, 0.2) is 40.4 Å². The molecule has 3 aromatic rings. The van der Waals surface area contributed by atoms with Gasteiger partial charge in [-0.1, -0.05) is 33.6 Å². The fraction of sp³-hybridized carbons (Fsp3) is 0.462. The molecule has 13 heteroatoms. The molecule has 2 aromatic heterocycles. The first-order chi connectivity index (χ1) is 18.5. The van der Waals surface area contributed by atoms with Gasteiger partial charge in [0.1, 0.15) is 5.69 Å². The van der Waals surface area contributed by atoms with Crippen LogP contribution >= 0.6 is 0 Å². The van der Waals surface area contributed by atoms with Crippen molar-refractivity contribution in [2.75, 3.05) is 26.7 Å². The average Bonchev–Trinajstić information content (AvgIpc) is 3.44. The van der Waals surface area contributed by atoms with E-state index in [2.05, 4.69) is 21.2 Å². The van der Waals surface area contributed by atoms with Crippen LogP contribution in [-0.4, -0.2) is 61.7 Å². The first-order valence-electron chi connectivity index (χ1n) is 12.5. The molecule has 0 aliphatic carbocycles. The molecule has 2 heterocycles. The van der Waals surface area contributed by atoms with Crippen molar-refractivity contribution in [2.45, 2.75) is 47.1 Å². The fourth-order valence-electron chi connectivity index (χ4n) is 3.61. The number of aryl methyl sites for hydroxylation is 1. The summed E-state index contributed by atoms with van der Waals surface area (Å²) in [6, 6.07) is 2.66. The third kappa shape index (κ3) is 8.36. The van der Waals surface area contributed by atoms with Crippen LogP contribution in [0.3, 0.4) is 0 Å². The zero-order valence-electron chi connectivity index (χ0n) is 22.9. The summed E-state index contributed by atoms with van der Waals surface area (Å²) >= 11 is 0. The normalized spacial score (nSPS) is 11.1. The summed E-state index contributed by atoms with van der Waals surface area (Å²) in [7, 11) is 1.73. The summed E-state index contributed by atoms with van der Waals surface area (Å²) in [5, 5.41) is 16.0. The second-order valence-electron chi connectivity index (χ2n) is 9.30. The van der Waals surface area contributed by atoms with Crippen molar-refractivity contribution < 1.29 is 14.6 Å². The molecule has 3 rings (SSSR count). The van der Waals surface area contributed by atoms with Gasteiger partial charge in [0.2, 0.25) is 5.91 Å². The molecule has 0 bridgehead atoms. The first-order valence-corrected chi connectivity index (χ1v) is 12.5. The van der Waals surface area contributed by atoms with E-state index in [-0.39, 0.29) is 47.6 Å². The van der Waals surface area contributed by atoms with Gasteiger partial charge in [-0.2, -0.15) is 5.06 Å². The highest BCUT2D eigenvalue weighted by molar-refractivity contribution is 5.82. The molecule has 39 heavy (non-hydrogen) atoms. The molecule has 0 saturated carbocycles. The van der Waals surface area contributed by atoms with E-state index >= 15 is 0 Å². The monoisotopic (exact) mass is 541 g/mol. The number of nitrogens with one attached hydrogen (secondary N) is 2. The molecule has 0 atom stereocenters. The van der Waals surface area contributed by atoms with E-state index in [1.54, 1.807) is 12.1 Å². The van der Waals surface area contributed by atoms with E-state index in [0.29, 0.717) is 25.2 Å². The number of nitrogens with zero attached hydrogens (tertiary/aromatic N) is 5. The number of hydroxylamine groups is 2. The van der Waals surface area contributed by atoms with Gasteiger partial charge in [-0.15, -0.1) is 6.42 Å². The number of benzene rings is 1. The van der Waals surface area contributed by atoms with Gasteiger partial charge in [-0.25, -0.2) is 4.98 Å².